The number of aromatic nitrogens is 1. The predicted molar refractivity (Wildman–Crippen MR) is 66.9 cm³/mol. The highest BCUT2D eigenvalue weighted by molar-refractivity contribution is 7.90. The average Bonchev–Trinajstić information content (AvgIpc) is 2.82. The molecule has 0 saturated heterocycles. The van der Waals surface area contributed by atoms with Crippen LogP contribution >= 0.6 is 0 Å². The quantitative estimate of drug-likeness (QED) is 0.783. The molecule has 0 amide bonds. The highest BCUT2D eigenvalue weighted by Gasteiger charge is 2.27. The fourth-order valence-electron chi connectivity index (χ4n) is 2.17. The summed E-state index contributed by atoms with van der Waals surface area (Å²) in [5.74, 6) is -0.0585. The molecule has 0 bridgehead atoms. The van der Waals surface area contributed by atoms with Gasteiger partial charge in [-0.05, 0) is 23.3 Å². The van der Waals surface area contributed by atoms with Gasteiger partial charge in [0.1, 0.15) is 0 Å². The monoisotopic (exact) mass is 261 g/mol. The van der Waals surface area contributed by atoms with E-state index in [0.29, 0.717) is 5.56 Å². The van der Waals surface area contributed by atoms with Gasteiger partial charge in [-0.25, -0.2) is 8.42 Å². The Morgan fingerprint density at radius 1 is 1.00 bits per heavy atom. The van der Waals surface area contributed by atoms with Crippen molar-refractivity contribution in [2.45, 2.75) is 11.5 Å². The maximum absolute atomic E-state index is 12.1. The molecule has 1 aliphatic rings. The molecule has 18 heavy (non-hydrogen) atoms. The topological polar surface area (TPSA) is 56.1 Å². The van der Waals surface area contributed by atoms with E-state index in [1.54, 1.807) is 36.7 Å². The van der Waals surface area contributed by atoms with Crippen molar-refractivity contribution < 1.29 is 13.2 Å². The number of sulfone groups is 1. The third-order valence-electron chi connectivity index (χ3n) is 3.01. The van der Waals surface area contributed by atoms with Crippen molar-refractivity contribution in [3.8, 4) is 0 Å². The zero-order chi connectivity index (χ0) is 12.8. The lowest BCUT2D eigenvalue weighted by Gasteiger charge is -2.01. The van der Waals surface area contributed by atoms with E-state index in [1.807, 2.05) is 6.07 Å². The molecule has 0 spiro atoms. The Labute approximate surface area is 105 Å². The fraction of sp³-hybridized carbons (Fsp3) is 0.154. The summed E-state index contributed by atoms with van der Waals surface area (Å²) in [6.45, 7) is 0. The molecule has 0 aliphatic carbocycles. The molecule has 0 atom stereocenters. The minimum absolute atomic E-state index is 0.0391. The molecule has 1 aromatic carbocycles. The lowest BCUT2D eigenvalue weighted by atomic mass is 10.2. The Hall–Kier alpha value is -1.88. The van der Waals surface area contributed by atoms with Crippen molar-refractivity contribution in [2.24, 2.45) is 0 Å². The van der Waals surface area contributed by atoms with E-state index in [9.17, 15) is 13.2 Å². The molecule has 1 aliphatic heterocycles. The third-order valence-corrected chi connectivity index (χ3v) is 4.51. The van der Waals surface area contributed by atoms with Gasteiger partial charge in [0.15, 0.2) is 9.84 Å². The molecule has 1 aromatic heterocycles. The van der Waals surface area contributed by atoms with E-state index < -0.39 is 9.84 Å². The molecular formula is C13H11NO3S. The van der Waals surface area contributed by atoms with Crippen LogP contribution in [0.5, 0.6) is 0 Å². The lowest BCUT2D eigenvalue weighted by molar-refractivity contribution is 0.0960. The number of rotatable bonds is 1. The minimum Gasteiger partial charge on any atom is -0.290 e. The second kappa shape index (κ2) is 3.81. The first-order valence-electron chi connectivity index (χ1n) is 5.55. The van der Waals surface area contributed by atoms with Crippen molar-refractivity contribution in [3.05, 3.63) is 59.4 Å². The van der Waals surface area contributed by atoms with Gasteiger partial charge in [0.05, 0.1) is 11.5 Å². The molecule has 0 radical (unpaired) electrons. The van der Waals surface area contributed by atoms with Crippen molar-refractivity contribution in [3.63, 3.8) is 0 Å². The van der Waals surface area contributed by atoms with Gasteiger partial charge in [-0.1, -0.05) is 18.2 Å². The normalized spacial score (nSPS) is 16.4. The van der Waals surface area contributed by atoms with Crippen LogP contribution in [0.1, 0.15) is 21.5 Å². The molecule has 0 unspecified atom stereocenters. The Morgan fingerprint density at radius 3 is 2.11 bits per heavy atom. The van der Waals surface area contributed by atoms with Gasteiger partial charge < -0.3 is 0 Å². The summed E-state index contributed by atoms with van der Waals surface area (Å²) in [5, 5.41) is 0. The highest BCUT2D eigenvalue weighted by atomic mass is 32.2. The van der Waals surface area contributed by atoms with Gasteiger partial charge in [0.2, 0.25) is 0 Å². The van der Waals surface area contributed by atoms with E-state index in [-0.39, 0.29) is 17.4 Å². The predicted octanol–water partition coefficient (Wildman–Crippen LogP) is 1.60. The lowest BCUT2D eigenvalue weighted by Crippen LogP contribution is -2.10. The summed E-state index contributed by atoms with van der Waals surface area (Å²) in [7, 11) is -2.99. The van der Waals surface area contributed by atoms with E-state index >= 15 is 0 Å². The van der Waals surface area contributed by atoms with Crippen LogP contribution in [0.25, 0.3) is 0 Å². The van der Waals surface area contributed by atoms with Crippen LogP contribution in [0.2, 0.25) is 0 Å². The number of benzene rings is 1. The fourth-order valence-corrected chi connectivity index (χ4v) is 3.74. The second-order valence-electron chi connectivity index (χ2n) is 4.42. The molecule has 2 aromatic rings. The van der Waals surface area contributed by atoms with Gasteiger partial charge >= 0.3 is 0 Å². The summed E-state index contributed by atoms with van der Waals surface area (Å²) >= 11 is 0. The molecule has 2 heterocycles. The molecule has 5 heteroatoms. The van der Waals surface area contributed by atoms with Crippen molar-refractivity contribution in [1.82, 2.24) is 4.57 Å². The molecule has 4 nitrogen and oxygen atoms in total. The van der Waals surface area contributed by atoms with Crippen LogP contribution in [0.3, 0.4) is 0 Å². The Balaban J connectivity index is 1.95. The molecular weight excluding hydrogens is 250 g/mol. The van der Waals surface area contributed by atoms with Gasteiger partial charge in [-0.3, -0.25) is 9.36 Å². The summed E-state index contributed by atoms with van der Waals surface area (Å²) in [5.41, 5.74) is 2.06. The Kier molecular flexibility index (Phi) is 2.38. The van der Waals surface area contributed by atoms with Crippen LogP contribution in [0.15, 0.2) is 42.7 Å². The molecule has 0 saturated carbocycles. The second-order valence-corrected chi connectivity index (χ2v) is 6.48. The summed E-state index contributed by atoms with van der Waals surface area (Å²) in [4.78, 5) is 12.1. The van der Waals surface area contributed by atoms with E-state index in [4.69, 9.17) is 0 Å². The number of hydrogen-bond donors (Lipinski definition) is 0. The molecule has 0 N–H and O–H groups in total. The van der Waals surface area contributed by atoms with Gasteiger partial charge in [0, 0.05) is 18.0 Å². The first-order valence-corrected chi connectivity index (χ1v) is 7.37. The van der Waals surface area contributed by atoms with Crippen LogP contribution < -0.4 is 0 Å². The smallest absolute Gasteiger partial charge is 0.261 e. The van der Waals surface area contributed by atoms with Gasteiger partial charge in [-0.15, -0.1) is 0 Å². The summed E-state index contributed by atoms with van der Waals surface area (Å²) in [6.07, 6.45) is 3.24. The number of carbonyl (C=O) groups excluding carboxylic acids is 1. The largest absolute Gasteiger partial charge is 0.290 e. The first kappa shape index (κ1) is 11.2. The van der Waals surface area contributed by atoms with Gasteiger partial charge in [0.25, 0.3) is 5.91 Å². The maximum atomic E-state index is 12.1. The Bertz CT molecular complexity index is 684. The number of carbonyl (C=O) groups is 1. The Morgan fingerprint density at radius 2 is 1.56 bits per heavy atom. The number of nitrogens with zero attached hydrogens (tertiary/aromatic N) is 1. The van der Waals surface area contributed by atoms with E-state index in [1.165, 1.54) is 4.57 Å². The molecule has 0 fully saturated rings. The van der Waals surface area contributed by atoms with Crippen LogP contribution in [-0.4, -0.2) is 18.9 Å². The van der Waals surface area contributed by atoms with Gasteiger partial charge in [-0.2, -0.15) is 0 Å². The van der Waals surface area contributed by atoms with E-state index in [2.05, 4.69) is 0 Å². The third kappa shape index (κ3) is 1.86. The number of fused-ring (bicyclic) bond motifs is 1. The average molecular weight is 261 g/mol. The van der Waals surface area contributed by atoms with Crippen molar-refractivity contribution >= 4 is 15.7 Å². The van der Waals surface area contributed by atoms with E-state index in [0.717, 1.165) is 11.1 Å². The van der Waals surface area contributed by atoms with Crippen molar-refractivity contribution in [1.29, 1.82) is 0 Å². The summed E-state index contributed by atoms with van der Waals surface area (Å²) < 4.78 is 24.3. The van der Waals surface area contributed by atoms with Crippen LogP contribution in [-0.2, 0) is 21.3 Å². The molecule has 92 valence electrons. The van der Waals surface area contributed by atoms with Crippen LogP contribution in [0.4, 0.5) is 0 Å². The highest BCUT2D eigenvalue weighted by Crippen LogP contribution is 2.26. The zero-order valence-electron chi connectivity index (χ0n) is 9.54. The minimum atomic E-state index is -2.99. The SMILES string of the molecule is O=C(c1ccccc1)n1cc2c(c1)CS(=O)(=O)C2. The molecule has 3 rings (SSSR count). The standard InChI is InChI=1S/C13H11NO3S/c15-13(10-4-2-1-3-5-10)14-6-11-8-18(16,17)9-12(11)7-14/h1-7H,8-9H2. The van der Waals surface area contributed by atoms with Crippen LogP contribution in [0, 0.1) is 0 Å². The number of hydrogen-bond acceptors (Lipinski definition) is 3. The summed E-state index contributed by atoms with van der Waals surface area (Å²) in [6, 6.07) is 8.93. The maximum Gasteiger partial charge on any atom is 0.261 e. The van der Waals surface area contributed by atoms with Crippen molar-refractivity contribution in [2.75, 3.05) is 0 Å². The zero-order valence-corrected chi connectivity index (χ0v) is 10.4. The first-order chi connectivity index (χ1) is 8.55.